The first-order valence-electron chi connectivity index (χ1n) is 13.8. The zero-order chi connectivity index (χ0) is 29.3. The lowest BCUT2D eigenvalue weighted by Gasteiger charge is -2.51. The number of amides is 1. The smallest absolute Gasteiger partial charge is 0.430 e. The maximum atomic E-state index is 14.6. The highest BCUT2D eigenvalue weighted by Gasteiger charge is 2.64. The molecule has 2 fully saturated rings. The minimum Gasteiger partial charge on any atom is -0.497 e. The Bertz CT molecular complexity index is 1370. The maximum absolute atomic E-state index is 14.6. The van der Waals surface area contributed by atoms with Crippen molar-refractivity contribution >= 4 is 5.91 Å². The number of hydrogen-bond acceptors (Lipinski definition) is 4. The van der Waals surface area contributed by atoms with Crippen LogP contribution in [0.25, 0.3) is 11.1 Å². The van der Waals surface area contributed by atoms with Gasteiger partial charge >= 0.3 is 6.18 Å². The molecule has 2 heterocycles. The quantitative estimate of drug-likeness (QED) is 0.354. The summed E-state index contributed by atoms with van der Waals surface area (Å²) in [4.78, 5) is 15.0. The highest BCUT2D eigenvalue weighted by molar-refractivity contribution is 5.88. The molecule has 5 nitrogen and oxygen atoms in total. The predicted molar refractivity (Wildman–Crippen MR) is 148 cm³/mol. The van der Waals surface area contributed by atoms with Crippen molar-refractivity contribution in [3.05, 3.63) is 89.7 Å². The zero-order valence-electron chi connectivity index (χ0n) is 23.1. The zero-order valence-corrected chi connectivity index (χ0v) is 23.1. The molecule has 0 aliphatic carbocycles. The Labute approximate surface area is 237 Å². The van der Waals surface area contributed by atoms with E-state index in [1.807, 2.05) is 30.3 Å². The minimum atomic E-state index is -4.95. The number of alkyl halides is 3. The topological polar surface area (TPSA) is 50.8 Å². The second-order valence-electron chi connectivity index (χ2n) is 10.9. The van der Waals surface area contributed by atoms with Crippen LogP contribution in [-0.4, -0.2) is 57.4 Å². The predicted octanol–water partition coefficient (Wildman–Crippen LogP) is 6.29. The third-order valence-electron chi connectivity index (χ3n) is 8.89. The molecular weight excluding hydrogens is 536 g/mol. The molecule has 2 saturated heterocycles. The van der Waals surface area contributed by atoms with E-state index in [0.717, 1.165) is 36.8 Å². The maximum Gasteiger partial charge on any atom is 0.430 e. The number of piperidine rings is 2. The van der Waals surface area contributed by atoms with Crippen LogP contribution in [0.1, 0.15) is 36.3 Å². The Morgan fingerprint density at radius 3 is 2.34 bits per heavy atom. The number of hydrogen-bond donors (Lipinski definition) is 1. The molecular formula is C32H34F4N2O3. The molecule has 0 bridgehead atoms. The molecule has 0 radical (unpaired) electrons. The van der Waals surface area contributed by atoms with Crippen LogP contribution >= 0.6 is 0 Å². The fraction of sp³-hybridized carbons (Fsp3) is 0.406. The van der Waals surface area contributed by atoms with Crippen molar-refractivity contribution in [3.8, 4) is 16.9 Å². The molecule has 1 amide bonds. The van der Waals surface area contributed by atoms with E-state index in [1.165, 1.54) is 41.3 Å². The first-order valence-corrected chi connectivity index (χ1v) is 13.8. The van der Waals surface area contributed by atoms with Gasteiger partial charge in [-0.15, -0.1) is 0 Å². The third-order valence-corrected chi connectivity index (χ3v) is 8.89. The van der Waals surface area contributed by atoms with Crippen LogP contribution in [0.2, 0.25) is 0 Å². The van der Waals surface area contributed by atoms with Crippen LogP contribution in [0.15, 0.2) is 72.8 Å². The Hall–Kier alpha value is -3.43. The average molecular weight is 571 g/mol. The summed E-state index contributed by atoms with van der Waals surface area (Å²) >= 11 is 0. The number of carbonyl (C=O) groups is 1. The summed E-state index contributed by atoms with van der Waals surface area (Å²) in [6.45, 7) is 1.73. The summed E-state index contributed by atoms with van der Waals surface area (Å²) in [5, 5.41) is 3.46. The second-order valence-corrected chi connectivity index (χ2v) is 10.9. The Kier molecular flexibility index (Phi) is 8.12. The van der Waals surface area contributed by atoms with E-state index in [-0.39, 0.29) is 35.8 Å². The van der Waals surface area contributed by atoms with Gasteiger partial charge in [0.15, 0.2) is 0 Å². The van der Waals surface area contributed by atoms with Crippen LogP contribution in [0.3, 0.4) is 0 Å². The Morgan fingerprint density at radius 2 is 1.68 bits per heavy atom. The van der Waals surface area contributed by atoms with Gasteiger partial charge in [0.25, 0.3) is 11.5 Å². The molecule has 0 aromatic heterocycles. The molecule has 0 saturated carbocycles. The van der Waals surface area contributed by atoms with Gasteiger partial charge in [-0.1, -0.05) is 48.5 Å². The molecule has 3 aromatic carbocycles. The first-order chi connectivity index (χ1) is 19.6. The van der Waals surface area contributed by atoms with Gasteiger partial charge in [-0.05, 0) is 72.2 Å². The van der Waals surface area contributed by atoms with E-state index >= 15 is 0 Å². The van der Waals surface area contributed by atoms with Crippen LogP contribution in [0.4, 0.5) is 17.6 Å². The molecule has 2 atom stereocenters. The van der Waals surface area contributed by atoms with Crippen molar-refractivity contribution in [3.63, 3.8) is 0 Å². The molecule has 5 rings (SSSR count). The third kappa shape index (κ3) is 5.21. The van der Waals surface area contributed by atoms with Crippen LogP contribution < -0.4 is 10.1 Å². The van der Waals surface area contributed by atoms with Gasteiger partial charge in [-0.3, -0.25) is 4.79 Å². The second kappa shape index (κ2) is 11.4. The van der Waals surface area contributed by atoms with Crippen molar-refractivity contribution in [2.75, 3.05) is 40.4 Å². The summed E-state index contributed by atoms with van der Waals surface area (Å²) in [5.74, 6) is -0.823. The Morgan fingerprint density at radius 1 is 0.951 bits per heavy atom. The van der Waals surface area contributed by atoms with E-state index in [2.05, 4.69) is 5.32 Å². The first kappa shape index (κ1) is 29.1. The highest BCUT2D eigenvalue weighted by Crippen LogP contribution is 2.52. The molecule has 218 valence electrons. The number of halogens is 4. The number of carbonyl (C=O) groups excluding carboxylic acids is 1. The number of likely N-dealkylation sites (tertiary alicyclic amines) is 1. The van der Waals surface area contributed by atoms with Crippen molar-refractivity contribution < 1.29 is 31.8 Å². The molecule has 9 heteroatoms. The standard InChI is InChI=1S/C32H34F4N2O3/c1-40-25-10-6-7-22(19-25)27-20-24(33)11-12-26(27)28-21-37-16-13-30(28)14-17-38(18-15-30)29(39)31(41-2,32(34,35)36)23-8-4-3-5-9-23/h3-12,19-20,28,37H,13-18,21H2,1-2H3/t28?,31-/m1/s1. The van der Waals surface area contributed by atoms with Crippen molar-refractivity contribution in [1.82, 2.24) is 10.2 Å². The SMILES string of the molecule is COc1cccc(-c2cc(F)ccc2C2CNCCC23CCN(C(=O)[C@](OC)(c2ccccc2)C(F)(F)F)CC3)c1. The number of nitrogens with one attached hydrogen (secondary N) is 1. The van der Waals surface area contributed by atoms with Crippen molar-refractivity contribution in [1.29, 1.82) is 0 Å². The molecule has 41 heavy (non-hydrogen) atoms. The lowest BCUT2D eigenvalue weighted by atomic mass is 9.62. The van der Waals surface area contributed by atoms with Gasteiger partial charge in [0, 0.05) is 38.2 Å². The molecule has 2 aliphatic rings. The fourth-order valence-electron chi connectivity index (χ4n) is 6.67. The number of methoxy groups -OCH3 is 2. The van der Waals surface area contributed by atoms with Gasteiger partial charge in [-0.25, -0.2) is 4.39 Å². The number of ether oxygens (including phenoxy) is 2. The molecule has 1 unspecified atom stereocenters. The van der Waals surface area contributed by atoms with Crippen LogP contribution in [0, 0.1) is 11.2 Å². The number of benzene rings is 3. The Balaban J connectivity index is 1.46. The van der Waals surface area contributed by atoms with E-state index in [9.17, 15) is 22.4 Å². The average Bonchev–Trinajstić information content (AvgIpc) is 2.98. The summed E-state index contributed by atoms with van der Waals surface area (Å²) in [5.41, 5.74) is -1.04. The minimum absolute atomic E-state index is 0.0285. The highest BCUT2D eigenvalue weighted by atomic mass is 19.4. The van der Waals surface area contributed by atoms with Gasteiger partial charge in [-0.2, -0.15) is 13.2 Å². The normalized spacial score (nSPS) is 20.4. The van der Waals surface area contributed by atoms with E-state index in [1.54, 1.807) is 13.2 Å². The molecule has 2 aliphatic heterocycles. The van der Waals surface area contributed by atoms with E-state index in [4.69, 9.17) is 9.47 Å². The van der Waals surface area contributed by atoms with Crippen molar-refractivity contribution in [2.45, 2.75) is 37.0 Å². The summed E-state index contributed by atoms with van der Waals surface area (Å²) in [6.07, 6.45) is -3.12. The lowest BCUT2D eigenvalue weighted by molar-refractivity contribution is -0.271. The number of nitrogens with zero attached hydrogens (tertiary/aromatic N) is 1. The molecule has 3 aromatic rings. The number of rotatable bonds is 6. The van der Waals surface area contributed by atoms with Gasteiger partial charge in [0.2, 0.25) is 0 Å². The summed E-state index contributed by atoms with van der Waals surface area (Å²) < 4.78 is 68.7. The van der Waals surface area contributed by atoms with Gasteiger partial charge in [0.1, 0.15) is 11.6 Å². The van der Waals surface area contributed by atoms with Crippen LogP contribution in [0.5, 0.6) is 5.75 Å². The van der Waals surface area contributed by atoms with Gasteiger partial charge < -0.3 is 19.7 Å². The fourth-order valence-corrected chi connectivity index (χ4v) is 6.67. The van der Waals surface area contributed by atoms with Gasteiger partial charge in [0.05, 0.1) is 7.11 Å². The van der Waals surface area contributed by atoms with E-state index in [0.29, 0.717) is 25.1 Å². The molecule has 1 spiro atoms. The summed E-state index contributed by atoms with van der Waals surface area (Å²) in [6, 6.07) is 19.4. The largest absolute Gasteiger partial charge is 0.497 e. The van der Waals surface area contributed by atoms with Crippen molar-refractivity contribution in [2.24, 2.45) is 5.41 Å². The molecule has 1 N–H and O–H groups in total. The lowest BCUT2D eigenvalue weighted by Crippen LogP contribution is -2.59. The van der Waals surface area contributed by atoms with Crippen LogP contribution in [-0.2, 0) is 15.1 Å². The summed E-state index contributed by atoms with van der Waals surface area (Å²) in [7, 11) is 2.51. The monoisotopic (exact) mass is 570 g/mol. The van der Waals surface area contributed by atoms with E-state index < -0.39 is 17.7 Å².